The summed E-state index contributed by atoms with van der Waals surface area (Å²) in [5.41, 5.74) is 2.59. The third kappa shape index (κ3) is 6.08. The van der Waals surface area contributed by atoms with E-state index in [1.54, 1.807) is 36.0 Å². The molecule has 2 rings (SSSR count). The molecular formula is C17H17BrN2O2S. The summed E-state index contributed by atoms with van der Waals surface area (Å²) in [6, 6.07) is 15.0. The second kappa shape index (κ2) is 8.74. The summed E-state index contributed by atoms with van der Waals surface area (Å²) >= 11 is 5.06. The van der Waals surface area contributed by atoms with Crippen molar-refractivity contribution in [2.75, 3.05) is 16.4 Å². The van der Waals surface area contributed by atoms with Crippen molar-refractivity contribution in [3.63, 3.8) is 0 Å². The maximum absolute atomic E-state index is 11.9. The maximum Gasteiger partial charge on any atom is 0.234 e. The van der Waals surface area contributed by atoms with Gasteiger partial charge in [0.2, 0.25) is 11.8 Å². The van der Waals surface area contributed by atoms with Crippen LogP contribution in [0.15, 0.2) is 53.0 Å². The average Bonchev–Trinajstić information content (AvgIpc) is 2.51. The van der Waals surface area contributed by atoms with Crippen molar-refractivity contribution < 1.29 is 9.59 Å². The van der Waals surface area contributed by atoms with Gasteiger partial charge >= 0.3 is 0 Å². The number of hydrogen-bond acceptors (Lipinski definition) is 3. The Morgan fingerprint density at radius 3 is 2.22 bits per heavy atom. The van der Waals surface area contributed by atoms with Gasteiger partial charge in [-0.1, -0.05) is 34.1 Å². The van der Waals surface area contributed by atoms with Gasteiger partial charge in [0.1, 0.15) is 0 Å². The molecular weight excluding hydrogens is 376 g/mol. The number of hydrogen-bond donors (Lipinski definition) is 2. The Morgan fingerprint density at radius 1 is 1.00 bits per heavy atom. The van der Waals surface area contributed by atoms with E-state index >= 15 is 0 Å². The molecule has 0 radical (unpaired) electrons. The van der Waals surface area contributed by atoms with E-state index in [1.165, 1.54) is 12.5 Å². The van der Waals surface area contributed by atoms with Crippen LogP contribution in [0.25, 0.3) is 0 Å². The summed E-state index contributed by atoms with van der Waals surface area (Å²) in [7, 11) is 0. The smallest absolute Gasteiger partial charge is 0.234 e. The van der Waals surface area contributed by atoms with E-state index in [9.17, 15) is 9.59 Å². The van der Waals surface area contributed by atoms with Crippen LogP contribution in [-0.2, 0) is 15.3 Å². The molecule has 0 unspecified atom stereocenters. The van der Waals surface area contributed by atoms with Gasteiger partial charge in [0.15, 0.2) is 0 Å². The molecule has 2 aromatic rings. The van der Waals surface area contributed by atoms with Crippen molar-refractivity contribution in [2.45, 2.75) is 12.7 Å². The van der Waals surface area contributed by atoms with E-state index in [0.29, 0.717) is 17.1 Å². The minimum atomic E-state index is -0.120. The van der Waals surface area contributed by atoms with E-state index in [1.807, 2.05) is 24.3 Å². The number of amides is 2. The molecule has 0 aromatic heterocycles. The lowest BCUT2D eigenvalue weighted by atomic mass is 10.2. The van der Waals surface area contributed by atoms with Crippen LogP contribution >= 0.6 is 27.7 Å². The van der Waals surface area contributed by atoms with Crippen LogP contribution < -0.4 is 10.6 Å². The second-order valence-electron chi connectivity index (χ2n) is 4.89. The first-order valence-electron chi connectivity index (χ1n) is 7.03. The lowest BCUT2D eigenvalue weighted by Crippen LogP contribution is -2.14. The number of carbonyl (C=O) groups excluding carboxylic acids is 2. The van der Waals surface area contributed by atoms with Crippen LogP contribution in [0.2, 0.25) is 0 Å². The van der Waals surface area contributed by atoms with Gasteiger partial charge in [0, 0.05) is 28.5 Å². The van der Waals surface area contributed by atoms with Crippen LogP contribution in [0, 0.1) is 0 Å². The SMILES string of the molecule is CC(=O)Nc1ccc(NC(=O)CSCc2ccccc2Br)cc1. The highest BCUT2D eigenvalue weighted by Crippen LogP contribution is 2.21. The summed E-state index contributed by atoms with van der Waals surface area (Å²) in [4.78, 5) is 22.9. The Kier molecular flexibility index (Phi) is 6.67. The van der Waals surface area contributed by atoms with Crippen molar-refractivity contribution in [3.05, 3.63) is 58.6 Å². The fourth-order valence-corrected chi connectivity index (χ4v) is 3.35. The van der Waals surface area contributed by atoms with E-state index in [4.69, 9.17) is 0 Å². The molecule has 0 aliphatic rings. The molecule has 2 N–H and O–H groups in total. The van der Waals surface area contributed by atoms with E-state index in [-0.39, 0.29) is 11.8 Å². The molecule has 0 fully saturated rings. The largest absolute Gasteiger partial charge is 0.326 e. The van der Waals surface area contributed by atoms with Crippen LogP contribution in [0.3, 0.4) is 0 Å². The Morgan fingerprint density at radius 2 is 1.61 bits per heavy atom. The van der Waals surface area contributed by atoms with Crippen molar-refractivity contribution in [1.82, 2.24) is 0 Å². The van der Waals surface area contributed by atoms with Crippen LogP contribution in [-0.4, -0.2) is 17.6 Å². The molecule has 0 atom stereocenters. The van der Waals surface area contributed by atoms with Gasteiger partial charge in [-0.2, -0.15) is 0 Å². The minimum absolute atomic E-state index is 0.0469. The summed E-state index contributed by atoms with van der Waals surface area (Å²) in [6.45, 7) is 1.46. The molecule has 4 nitrogen and oxygen atoms in total. The molecule has 0 saturated heterocycles. The lowest BCUT2D eigenvalue weighted by Gasteiger charge is -2.07. The molecule has 0 heterocycles. The highest BCUT2D eigenvalue weighted by Gasteiger charge is 2.05. The van der Waals surface area contributed by atoms with Crippen LogP contribution in [0.4, 0.5) is 11.4 Å². The van der Waals surface area contributed by atoms with E-state index < -0.39 is 0 Å². The number of anilines is 2. The minimum Gasteiger partial charge on any atom is -0.326 e. The van der Waals surface area contributed by atoms with Gasteiger partial charge in [-0.3, -0.25) is 9.59 Å². The average molecular weight is 393 g/mol. The topological polar surface area (TPSA) is 58.2 Å². The number of nitrogens with one attached hydrogen (secondary N) is 2. The molecule has 6 heteroatoms. The number of thioether (sulfide) groups is 1. The third-order valence-electron chi connectivity index (χ3n) is 2.94. The van der Waals surface area contributed by atoms with Crippen molar-refractivity contribution in [3.8, 4) is 0 Å². The summed E-state index contributed by atoms with van der Waals surface area (Å²) in [6.07, 6.45) is 0. The lowest BCUT2D eigenvalue weighted by molar-refractivity contribution is -0.114. The Bertz CT molecular complexity index is 689. The standard InChI is InChI=1S/C17H17BrN2O2S/c1-12(21)19-14-6-8-15(9-7-14)20-17(22)11-23-10-13-4-2-3-5-16(13)18/h2-9H,10-11H2,1H3,(H,19,21)(H,20,22). The Balaban J connectivity index is 1.78. The van der Waals surface area contributed by atoms with Gasteiger partial charge in [-0.15, -0.1) is 11.8 Å². The number of benzene rings is 2. The maximum atomic E-state index is 11.9. The zero-order chi connectivity index (χ0) is 16.7. The van der Waals surface area contributed by atoms with E-state index in [0.717, 1.165) is 10.2 Å². The Labute approximate surface area is 148 Å². The van der Waals surface area contributed by atoms with Crippen molar-refractivity contribution in [2.24, 2.45) is 0 Å². The number of halogens is 1. The third-order valence-corrected chi connectivity index (χ3v) is 4.69. The molecule has 0 aliphatic carbocycles. The predicted molar refractivity (Wildman–Crippen MR) is 99.7 cm³/mol. The summed E-state index contributed by atoms with van der Waals surface area (Å²) < 4.78 is 1.06. The van der Waals surface area contributed by atoms with Crippen molar-refractivity contribution in [1.29, 1.82) is 0 Å². The first kappa shape index (κ1) is 17.6. The van der Waals surface area contributed by atoms with Gasteiger partial charge < -0.3 is 10.6 Å². The molecule has 0 bridgehead atoms. The molecule has 0 spiro atoms. The number of carbonyl (C=O) groups is 2. The van der Waals surface area contributed by atoms with Crippen LogP contribution in [0.5, 0.6) is 0 Å². The molecule has 120 valence electrons. The van der Waals surface area contributed by atoms with Crippen molar-refractivity contribution >= 4 is 50.9 Å². The predicted octanol–water partition coefficient (Wildman–Crippen LogP) is 4.28. The fourth-order valence-electron chi connectivity index (χ4n) is 1.91. The quantitative estimate of drug-likeness (QED) is 0.770. The van der Waals surface area contributed by atoms with E-state index in [2.05, 4.69) is 26.6 Å². The first-order chi connectivity index (χ1) is 11.0. The monoisotopic (exact) mass is 392 g/mol. The molecule has 23 heavy (non-hydrogen) atoms. The molecule has 0 saturated carbocycles. The molecule has 0 aliphatic heterocycles. The highest BCUT2D eigenvalue weighted by atomic mass is 79.9. The summed E-state index contributed by atoms with van der Waals surface area (Å²) in [5, 5.41) is 5.52. The second-order valence-corrected chi connectivity index (χ2v) is 6.73. The van der Waals surface area contributed by atoms with Gasteiger partial charge in [-0.25, -0.2) is 0 Å². The molecule has 2 aromatic carbocycles. The normalized spacial score (nSPS) is 10.2. The highest BCUT2D eigenvalue weighted by molar-refractivity contribution is 9.10. The summed E-state index contributed by atoms with van der Waals surface area (Å²) in [5.74, 6) is 0.991. The number of rotatable bonds is 6. The Hall–Kier alpha value is -1.79. The first-order valence-corrected chi connectivity index (χ1v) is 8.98. The van der Waals surface area contributed by atoms with Gasteiger partial charge in [-0.05, 0) is 35.9 Å². The van der Waals surface area contributed by atoms with Crippen LogP contribution in [0.1, 0.15) is 12.5 Å². The fraction of sp³-hybridized carbons (Fsp3) is 0.176. The van der Waals surface area contributed by atoms with Gasteiger partial charge in [0.05, 0.1) is 5.75 Å². The zero-order valence-electron chi connectivity index (χ0n) is 12.6. The molecule has 2 amide bonds. The van der Waals surface area contributed by atoms with Gasteiger partial charge in [0.25, 0.3) is 0 Å². The zero-order valence-corrected chi connectivity index (χ0v) is 15.0.